The van der Waals surface area contributed by atoms with Crippen LogP contribution in [0.3, 0.4) is 0 Å². The normalized spacial score (nSPS) is 21.9. The van der Waals surface area contributed by atoms with Crippen LogP contribution in [0.1, 0.15) is 44.6 Å². The molecule has 0 radical (unpaired) electrons. The fourth-order valence-electron chi connectivity index (χ4n) is 3.22. The molecule has 1 aromatic rings. The third-order valence-electron chi connectivity index (χ3n) is 4.73. The van der Waals surface area contributed by atoms with Crippen LogP contribution in [0.5, 0.6) is 0 Å². The van der Waals surface area contributed by atoms with Crippen molar-refractivity contribution >= 4 is 5.91 Å². The van der Waals surface area contributed by atoms with Crippen molar-refractivity contribution in [3.8, 4) is 0 Å². The first kappa shape index (κ1) is 16.0. The Kier molecular flexibility index (Phi) is 5.80. The number of carbonyl (C=O) groups excluding carboxylic acids is 1. The molecule has 1 aliphatic rings. The van der Waals surface area contributed by atoms with E-state index >= 15 is 0 Å². The molecule has 0 aromatic heterocycles. The number of aliphatic hydroxyl groups is 1. The van der Waals surface area contributed by atoms with Gasteiger partial charge in [-0.1, -0.05) is 50.6 Å². The van der Waals surface area contributed by atoms with E-state index in [4.69, 9.17) is 0 Å². The Hall–Kier alpha value is -1.35. The Morgan fingerprint density at radius 1 is 1.38 bits per heavy atom. The van der Waals surface area contributed by atoms with Crippen LogP contribution in [-0.2, 0) is 4.79 Å². The second kappa shape index (κ2) is 7.60. The number of likely N-dealkylation sites (tertiary alicyclic amines) is 1. The Bertz CT molecular complexity index is 446. The summed E-state index contributed by atoms with van der Waals surface area (Å²) in [5.41, 5.74) is 1.11. The highest BCUT2D eigenvalue weighted by molar-refractivity contribution is 5.84. The molecule has 0 aliphatic carbocycles. The quantitative estimate of drug-likeness (QED) is 0.905. The summed E-state index contributed by atoms with van der Waals surface area (Å²) in [7, 11) is 0. The largest absolute Gasteiger partial charge is 0.396 e. The van der Waals surface area contributed by atoms with Gasteiger partial charge in [-0.2, -0.15) is 0 Å². The number of hydrogen-bond donors (Lipinski definition) is 1. The van der Waals surface area contributed by atoms with Crippen molar-refractivity contribution in [1.29, 1.82) is 0 Å². The Morgan fingerprint density at radius 3 is 2.71 bits per heavy atom. The van der Waals surface area contributed by atoms with Gasteiger partial charge in [0.1, 0.15) is 0 Å². The number of rotatable bonds is 5. The van der Waals surface area contributed by atoms with E-state index in [1.54, 1.807) is 0 Å². The summed E-state index contributed by atoms with van der Waals surface area (Å²) in [5.74, 6) is 0.743. The number of amides is 1. The monoisotopic (exact) mass is 289 g/mol. The van der Waals surface area contributed by atoms with Crippen LogP contribution in [0.25, 0.3) is 0 Å². The summed E-state index contributed by atoms with van der Waals surface area (Å²) in [4.78, 5) is 15.0. The van der Waals surface area contributed by atoms with Crippen LogP contribution in [0.2, 0.25) is 0 Å². The molecule has 3 nitrogen and oxygen atoms in total. The molecule has 1 saturated heterocycles. The van der Waals surface area contributed by atoms with Gasteiger partial charge in [0, 0.05) is 19.7 Å². The predicted molar refractivity (Wildman–Crippen MR) is 85.0 cm³/mol. The summed E-state index contributed by atoms with van der Waals surface area (Å²) in [6, 6.07) is 10.1. The Morgan fingerprint density at radius 2 is 2.10 bits per heavy atom. The van der Waals surface area contributed by atoms with Crippen molar-refractivity contribution < 1.29 is 9.90 Å². The van der Waals surface area contributed by atoms with Crippen LogP contribution in [0, 0.1) is 11.8 Å². The van der Waals surface area contributed by atoms with E-state index in [1.807, 2.05) is 23.1 Å². The lowest BCUT2D eigenvalue weighted by molar-refractivity contribution is -0.136. The SMILES string of the molecule is CCC(C)C(C(=O)N1CCCC(CO)C1)c1ccccc1. The molecule has 3 heteroatoms. The highest BCUT2D eigenvalue weighted by Crippen LogP contribution is 2.30. The van der Waals surface area contributed by atoms with Gasteiger partial charge in [0.05, 0.1) is 5.92 Å². The summed E-state index contributed by atoms with van der Waals surface area (Å²) < 4.78 is 0. The first-order valence-electron chi connectivity index (χ1n) is 8.12. The average molecular weight is 289 g/mol. The highest BCUT2D eigenvalue weighted by atomic mass is 16.3. The van der Waals surface area contributed by atoms with Crippen molar-refractivity contribution in [2.24, 2.45) is 11.8 Å². The van der Waals surface area contributed by atoms with E-state index in [9.17, 15) is 9.90 Å². The molecule has 116 valence electrons. The molecule has 1 amide bonds. The molecule has 0 bridgehead atoms. The zero-order valence-electron chi connectivity index (χ0n) is 13.2. The van der Waals surface area contributed by atoms with Gasteiger partial charge in [-0.05, 0) is 30.2 Å². The minimum atomic E-state index is -0.0614. The van der Waals surface area contributed by atoms with Gasteiger partial charge in [-0.25, -0.2) is 0 Å². The Labute approximate surface area is 128 Å². The molecule has 21 heavy (non-hydrogen) atoms. The lowest BCUT2D eigenvalue weighted by Crippen LogP contribution is -2.44. The molecule has 1 N–H and O–H groups in total. The third-order valence-corrected chi connectivity index (χ3v) is 4.73. The van der Waals surface area contributed by atoms with E-state index in [2.05, 4.69) is 26.0 Å². The first-order chi connectivity index (χ1) is 10.2. The van der Waals surface area contributed by atoms with Crippen LogP contribution in [0.15, 0.2) is 30.3 Å². The molecular formula is C18H27NO2. The number of benzene rings is 1. The second-order valence-corrected chi connectivity index (χ2v) is 6.25. The van der Waals surface area contributed by atoms with Crippen LogP contribution >= 0.6 is 0 Å². The van der Waals surface area contributed by atoms with Crippen molar-refractivity contribution in [3.05, 3.63) is 35.9 Å². The summed E-state index contributed by atoms with van der Waals surface area (Å²) >= 11 is 0. The van der Waals surface area contributed by atoms with Crippen LogP contribution in [0.4, 0.5) is 0 Å². The van der Waals surface area contributed by atoms with Crippen molar-refractivity contribution in [2.45, 2.75) is 39.0 Å². The van der Waals surface area contributed by atoms with Crippen molar-refractivity contribution in [1.82, 2.24) is 4.90 Å². The number of nitrogens with zero attached hydrogens (tertiary/aromatic N) is 1. The van der Waals surface area contributed by atoms with Crippen molar-refractivity contribution in [2.75, 3.05) is 19.7 Å². The topological polar surface area (TPSA) is 40.5 Å². The number of hydrogen-bond acceptors (Lipinski definition) is 2. The molecule has 1 fully saturated rings. The summed E-state index contributed by atoms with van der Waals surface area (Å²) in [6.07, 6.45) is 3.02. The fourth-order valence-corrected chi connectivity index (χ4v) is 3.22. The summed E-state index contributed by atoms with van der Waals surface area (Å²) in [6.45, 7) is 6.01. The number of aliphatic hydroxyl groups excluding tert-OH is 1. The van der Waals surface area contributed by atoms with Crippen LogP contribution in [-0.4, -0.2) is 35.6 Å². The number of piperidine rings is 1. The zero-order chi connectivity index (χ0) is 15.2. The van der Waals surface area contributed by atoms with E-state index in [0.29, 0.717) is 12.5 Å². The van der Waals surface area contributed by atoms with Crippen LogP contribution < -0.4 is 0 Å². The first-order valence-corrected chi connectivity index (χ1v) is 8.12. The van der Waals surface area contributed by atoms with Crippen molar-refractivity contribution in [3.63, 3.8) is 0 Å². The molecule has 1 heterocycles. The molecule has 0 saturated carbocycles. The van der Waals surface area contributed by atoms with Gasteiger partial charge in [-0.15, -0.1) is 0 Å². The maximum Gasteiger partial charge on any atom is 0.230 e. The van der Waals surface area contributed by atoms with Gasteiger partial charge >= 0.3 is 0 Å². The van der Waals surface area contributed by atoms with E-state index in [0.717, 1.165) is 31.4 Å². The predicted octanol–water partition coefficient (Wildman–Crippen LogP) is 3.05. The zero-order valence-corrected chi connectivity index (χ0v) is 13.2. The lowest BCUT2D eigenvalue weighted by atomic mass is 9.83. The molecule has 1 aliphatic heterocycles. The molecule has 0 spiro atoms. The fraction of sp³-hybridized carbons (Fsp3) is 0.611. The second-order valence-electron chi connectivity index (χ2n) is 6.25. The van der Waals surface area contributed by atoms with Gasteiger partial charge in [0.25, 0.3) is 0 Å². The molecule has 2 rings (SSSR count). The highest BCUT2D eigenvalue weighted by Gasteiger charge is 2.32. The van der Waals surface area contributed by atoms with Gasteiger partial charge < -0.3 is 10.0 Å². The van der Waals surface area contributed by atoms with Gasteiger partial charge in [0.2, 0.25) is 5.91 Å². The van der Waals surface area contributed by atoms with Gasteiger partial charge in [0.15, 0.2) is 0 Å². The minimum absolute atomic E-state index is 0.0614. The molecule has 3 unspecified atom stereocenters. The summed E-state index contributed by atoms with van der Waals surface area (Å²) in [5, 5.41) is 9.36. The third kappa shape index (κ3) is 3.85. The van der Waals surface area contributed by atoms with E-state index in [1.165, 1.54) is 0 Å². The minimum Gasteiger partial charge on any atom is -0.396 e. The maximum atomic E-state index is 13.0. The average Bonchev–Trinajstić information content (AvgIpc) is 2.55. The molecular weight excluding hydrogens is 262 g/mol. The van der Waals surface area contributed by atoms with E-state index in [-0.39, 0.29) is 24.3 Å². The smallest absolute Gasteiger partial charge is 0.230 e. The van der Waals surface area contributed by atoms with Gasteiger partial charge in [-0.3, -0.25) is 4.79 Å². The number of carbonyl (C=O) groups is 1. The molecule has 1 aromatic carbocycles. The standard InChI is InChI=1S/C18H27NO2/c1-3-14(2)17(16-9-5-4-6-10-16)18(21)19-11-7-8-15(12-19)13-20/h4-6,9-10,14-15,17,20H,3,7-8,11-13H2,1-2H3. The lowest BCUT2D eigenvalue weighted by Gasteiger charge is -2.36. The maximum absolute atomic E-state index is 13.0. The Balaban J connectivity index is 2.18. The van der Waals surface area contributed by atoms with E-state index < -0.39 is 0 Å². The molecule has 3 atom stereocenters.